The second-order valence-electron chi connectivity index (χ2n) is 8.45. The van der Waals surface area contributed by atoms with E-state index in [2.05, 4.69) is 0 Å². The number of hydrogen-bond acceptors (Lipinski definition) is 6. The quantitative estimate of drug-likeness (QED) is 0.645. The molecule has 4 rings (SSSR count). The van der Waals surface area contributed by atoms with E-state index in [1.165, 1.54) is 12.0 Å². The Morgan fingerprint density at radius 1 is 0.938 bits per heavy atom. The normalized spacial score (nSPS) is 19.8. The summed E-state index contributed by atoms with van der Waals surface area (Å²) in [5.41, 5.74) is 2.07. The second-order valence-corrected chi connectivity index (χ2v) is 10.4. The van der Waals surface area contributed by atoms with Crippen LogP contribution in [0.1, 0.15) is 56.1 Å². The summed E-state index contributed by atoms with van der Waals surface area (Å²) in [5.74, 6) is 0.495. The summed E-state index contributed by atoms with van der Waals surface area (Å²) in [6.45, 7) is 1.38. The zero-order chi connectivity index (χ0) is 22.9. The van der Waals surface area contributed by atoms with Gasteiger partial charge in [0.15, 0.2) is 11.5 Å². The highest BCUT2D eigenvalue weighted by Gasteiger charge is 2.36. The van der Waals surface area contributed by atoms with Gasteiger partial charge < -0.3 is 9.47 Å². The monoisotopic (exact) mass is 462 g/mol. The van der Waals surface area contributed by atoms with Crippen LogP contribution in [0.15, 0.2) is 17.0 Å². The molecule has 1 aromatic rings. The lowest BCUT2D eigenvalue weighted by Gasteiger charge is -2.31. The number of piperidine rings is 1. The minimum absolute atomic E-state index is 0.128. The minimum atomic E-state index is -3.71. The number of likely N-dealkylation sites (tertiary alicyclic amines) is 1. The maximum absolute atomic E-state index is 13.6. The molecule has 2 heterocycles. The lowest BCUT2D eigenvalue weighted by molar-refractivity contribution is -0.141. The average molecular weight is 463 g/mol. The molecule has 1 aliphatic carbocycles. The van der Waals surface area contributed by atoms with Crippen molar-refractivity contribution in [3.05, 3.63) is 28.2 Å². The van der Waals surface area contributed by atoms with Crippen LogP contribution in [0.4, 0.5) is 0 Å². The Morgan fingerprint density at radius 3 is 2.25 bits per heavy atom. The van der Waals surface area contributed by atoms with E-state index in [1.807, 2.05) is 6.07 Å². The fourth-order valence-electron chi connectivity index (χ4n) is 4.86. The van der Waals surface area contributed by atoms with E-state index in [9.17, 15) is 18.0 Å². The molecule has 0 unspecified atom stereocenters. The predicted molar refractivity (Wildman–Crippen MR) is 120 cm³/mol. The van der Waals surface area contributed by atoms with Gasteiger partial charge in [-0.05, 0) is 60.9 Å². The van der Waals surface area contributed by atoms with Gasteiger partial charge in [0.25, 0.3) is 0 Å². The van der Waals surface area contributed by atoms with Crippen molar-refractivity contribution in [2.45, 2.75) is 51.4 Å². The van der Waals surface area contributed by atoms with E-state index in [-0.39, 0.29) is 18.2 Å². The lowest BCUT2D eigenvalue weighted by Crippen LogP contribution is -2.38. The van der Waals surface area contributed by atoms with Gasteiger partial charge >= 0.3 is 0 Å². The molecule has 2 fully saturated rings. The molecule has 8 nitrogen and oxygen atoms in total. The van der Waals surface area contributed by atoms with Gasteiger partial charge in [0, 0.05) is 26.1 Å². The van der Waals surface area contributed by atoms with Crippen LogP contribution in [0.5, 0.6) is 11.5 Å². The van der Waals surface area contributed by atoms with Gasteiger partial charge in [-0.25, -0.2) is 8.42 Å². The molecule has 0 aromatic heterocycles. The summed E-state index contributed by atoms with van der Waals surface area (Å²) in [6, 6.07) is 3.61. The number of carbonyl (C=O) groups is 2. The number of fused-ring (bicyclic) bond motifs is 1. The lowest BCUT2D eigenvalue weighted by atomic mass is 9.88. The van der Waals surface area contributed by atoms with Crippen LogP contribution in [0.25, 0.3) is 5.57 Å². The highest BCUT2D eigenvalue weighted by Crippen LogP contribution is 2.42. The van der Waals surface area contributed by atoms with Crippen LogP contribution in [0, 0.1) is 0 Å². The Hall–Kier alpha value is -2.39. The third kappa shape index (κ3) is 4.15. The summed E-state index contributed by atoms with van der Waals surface area (Å²) < 4.78 is 39.7. The Kier molecular flexibility index (Phi) is 6.57. The van der Waals surface area contributed by atoms with Crippen molar-refractivity contribution in [2.24, 2.45) is 0 Å². The number of rotatable bonds is 6. The molecule has 1 aromatic carbocycles. The first-order valence-electron chi connectivity index (χ1n) is 11.2. The van der Waals surface area contributed by atoms with E-state index < -0.39 is 10.0 Å². The molecule has 0 radical (unpaired) electrons. The SMILES string of the molecule is COc1cc2c(cc1OC)C(CC(=O)N1CCCC1=O)=C(S(=O)(=O)N1CCCCC1)CC2. The molecule has 2 aliphatic heterocycles. The van der Waals surface area contributed by atoms with Crippen molar-refractivity contribution >= 4 is 27.4 Å². The summed E-state index contributed by atoms with van der Waals surface area (Å²) in [7, 11) is -0.632. The number of imide groups is 1. The standard InChI is InChI=1S/C23H30N2O6S/c1-30-19-13-16-8-9-21(32(28,29)24-10-4-3-5-11-24)18(17(16)14-20(19)31-2)15-23(27)25-12-6-7-22(25)26/h13-14H,3-12,15H2,1-2H3. The largest absolute Gasteiger partial charge is 0.493 e. The van der Waals surface area contributed by atoms with Crippen molar-refractivity contribution in [3.63, 3.8) is 0 Å². The fourth-order valence-corrected chi connectivity index (χ4v) is 6.76. The van der Waals surface area contributed by atoms with Crippen molar-refractivity contribution in [1.82, 2.24) is 9.21 Å². The number of aryl methyl sites for hydroxylation is 1. The maximum Gasteiger partial charge on any atom is 0.239 e. The summed E-state index contributed by atoms with van der Waals surface area (Å²) in [5, 5.41) is 0. The highest BCUT2D eigenvalue weighted by molar-refractivity contribution is 7.93. The molecule has 2 saturated heterocycles. The van der Waals surface area contributed by atoms with Gasteiger partial charge in [0.05, 0.1) is 25.5 Å². The number of allylic oxidation sites excluding steroid dienone is 1. The second kappa shape index (κ2) is 9.23. The van der Waals surface area contributed by atoms with Crippen LogP contribution < -0.4 is 9.47 Å². The molecule has 2 amide bonds. The number of sulfonamides is 1. The van der Waals surface area contributed by atoms with Gasteiger partial charge in [0.1, 0.15) is 0 Å². The number of ether oxygens (including phenoxy) is 2. The number of nitrogens with zero attached hydrogens (tertiary/aromatic N) is 2. The zero-order valence-electron chi connectivity index (χ0n) is 18.7. The number of carbonyl (C=O) groups excluding carboxylic acids is 2. The summed E-state index contributed by atoms with van der Waals surface area (Å²) >= 11 is 0. The third-order valence-corrected chi connectivity index (χ3v) is 8.68. The van der Waals surface area contributed by atoms with E-state index >= 15 is 0 Å². The van der Waals surface area contributed by atoms with Crippen molar-refractivity contribution in [3.8, 4) is 11.5 Å². The number of methoxy groups -OCH3 is 2. The van der Waals surface area contributed by atoms with Crippen LogP contribution in [0.2, 0.25) is 0 Å². The molecule has 174 valence electrons. The van der Waals surface area contributed by atoms with Crippen molar-refractivity contribution in [2.75, 3.05) is 33.9 Å². The first-order chi connectivity index (χ1) is 15.4. The predicted octanol–water partition coefficient (Wildman–Crippen LogP) is 2.72. The topological polar surface area (TPSA) is 93.2 Å². The van der Waals surface area contributed by atoms with Gasteiger partial charge in [-0.2, -0.15) is 4.31 Å². The molecule has 0 saturated carbocycles. The van der Waals surface area contributed by atoms with Crippen LogP contribution in [-0.2, 0) is 26.0 Å². The number of hydrogen-bond donors (Lipinski definition) is 0. The number of benzene rings is 1. The van der Waals surface area contributed by atoms with Crippen LogP contribution in [0.3, 0.4) is 0 Å². The summed E-state index contributed by atoms with van der Waals surface area (Å²) in [4.78, 5) is 26.8. The molecule has 0 bridgehead atoms. The average Bonchev–Trinajstić information content (AvgIpc) is 3.24. The van der Waals surface area contributed by atoms with E-state index in [1.54, 1.807) is 17.5 Å². The molecular formula is C23H30N2O6S. The third-order valence-electron chi connectivity index (χ3n) is 6.56. The first-order valence-corrected chi connectivity index (χ1v) is 12.6. The van der Waals surface area contributed by atoms with Gasteiger partial charge in [-0.15, -0.1) is 0 Å². The Bertz CT molecular complexity index is 1060. The maximum atomic E-state index is 13.6. The highest BCUT2D eigenvalue weighted by atomic mass is 32.2. The molecule has 9 heteroatoms. The van der Waals surface area contributed by atoms with Gasteiger partial charge in [-0.1, -0.05) is 6.42 Å². The Balaban J connectivity index is 1.82. The molecule has 0 atom stereocenters. The fraction of sp³-hybridized carbons (Fsp3) is 0.565. The molecule has 0 spiro atoms. The van der Waals surface area contributed by atoms with E-state index in [0.29, 0.717) is 72.9 Å². The number of amides is 2. The molecular weight excluding hydrogens is 432 g/mol. The van der Waals surface area contributed by atoms with Crippen LogP contribution in [-0.4, -0.2) is 63.3 Å². The van der Waals surface area contributed by atoms with Gasteiger partial charge in [-0.3, -0.25) is 14.5 Å². The zero-order valence-corrected chi connectivity index (χ0v) is 19.5. The summed E-state index contributed by atoms with van der Waals surface area (Å²) in [6.07, 6.45) is 4.41. The minimum Gasteiger partial charge on any atom is -0.493 e. The van der Waals surface area contributed by atoms with Gasteiger partial charge in [0.2, 0.25) is 21.8 Å². The smallest absolute Gasteiger partial charge is 0.239 e. The first kappa shape index (κ1) is 22.8. The van der Waals surface area contributed by atoms with Crippen LogP contribution >= 0.6 is 0 Å². The van der Waals surface area contributed by atoms with Crippen molar-refractivity contribution in [1.29, 1.82) is 0 Å². The molecule has 3 aliphatic rings. The molecule has 0 N–H and O–H groups in total. The Morgan fingerprint density at radius 2 is 1.62 bits per heavy atom. The molecule has 32 heavy (non-hydrogen) atoms. The van der Waals surface area contributed by atoms with Crippen molar-refractivity contribution < 1.29 is 27.5 Å². The van der Waals surface area contributed by atoms with E-state index in [0.717, 1.165) is 24.8 Å². The van der Waals surface area contributed by atoms with E-state index in [4.69, 9.17) is 9.47 Å². The Labute approximate surface area is 189 Å².